The number of esters is 5. The van der Waals surface area contributed by atoms with Gasteiger partial charge in [-0.05, 0) is 160 Å². The van der Waals surface area contributed by atoms with E-state index < -0.39 is 17.9 Å². The number of aliphatic hydroxyl groups is 1. The van der Waals surface area contributed by atoms with Gasteiger partial charge in [0, 0.05) is 34.5 Å². The van der Waals surface area contributed by atoms with E-state index >= 15 is 0 Å². The zero-order chi connectivity index (χ0) is 110. The van der Waals surface area contributed by atoms with Gasteiger partial charge in [0.1, 0.15) is 50.1 Å². The highest BCUT2D eigenvalue weighted by molar-refractivity contribution is 5.91. The van der Waals surface area contributed by atoms with Crippen LogP contribution in [0.1, 0.15) is 400 Å². The SMILES string of the molecule is C=C(C)C(=O)OCC(CC)CCCC.C=C(C)C(=O)OCCO.C=C(C)C(=O)OCCOCCC.C=C(C)C(=O)OCCOc1ccccc1C(=O)O.C=C(C)C(=O)OCc1ccccc1.C=C(C)c1ccc(O)cc1.C=CCCCCCCCCCC.C=CCCCCCCCCCCCCCC.C=CCCCCCCCCCCCCCCCCCC.C=Cc1ccccc1.CCN(C)C.O=C=O.O=C=O. The third kappa shape index (κ3) is 127. The number of carbonyl (C=O) groups excluding carboxylic acids is 9. The smallest absolute Gasteiger partial charge is 0.373 e. The molecule has 1 atom stereocenters. The highest BCUT2D eigenvalue weighted by atomic mass is 16.6. The first kappa shape index (κ1) is 150. The molecule has 0 saturated heterocycles. The number of unbranched alkanes of at least 4 members (excludes halogenated alkanes) is 37. The third-order valence-electron chi connectivity index (χ3n) is 20.6. The second kappa shape index (κ2) is 124. The van der Waals surface area contributed by atoms with E-state index in [9.17, 15) is 28.8 Å². The number of carboxylic acid groups (broad SMARTS) is 1. The van der Waals surface area contributed by atoms with Crippen molar-refractivity contribution >= 4 is 59.8 Å². The lowest BCUT2D eigenvalue weighted by molar-refractivity contribution is -0.193. The molecule has 0 heterocycles. The van der Waals surface area contributed by atoms with Crippen LogP contribution in [0.3, 0.4) is 0 Å². The second-order valence-electron chi connectivity index (χ2n) is 34.8. The van der Waals surface area contributed by atoms with E-state index in [0.29, 0.717) is 72.6 Å². The fraction of sp³-hybridized carbons (Fsp3) is 0.574. The number of carbonyl (C=O) groups is 6. The summed E-state index contributed by atoms with van der Waals surface area (Å²) in [4.78, 5) is 99.9. The molecule has 0 aliphatic rings. The Kier molecular flexibility index (Phi) is 130. The normalized spacial score (nSPS) is 9.71. The lowest BCUT2D eigenvalue weighted by Crippen LogP contribution is -2.14. The van der Waals surface area contributed by atoms with Crippen molar-refractivity contribution in [2.45, 2.75) is 379 Å². The Morgan fingerprint density at radius 1 is 0.371 bits per heavy atom. The van der Waals surface area contributed by atoms with Crippen molar-refractivity contribution in [2.24, 2.45) is 5.92 Å². The Bertz CT molecular complexity index is 3770. The molecule has 4 aromatic carbocycles. The molecule has 143 heavy (non-hydrogen) atoms. The van der Waals surface area contributed by atoms with Gasteiger partial charge in [0.2, 0.25) is 0 Å². The van der Waals surface area contributed by atoms with Crippen molar-refractivity contribution in [3.8, 4) is 11.5 Å². The van der Waals surface area contributed by atoms with Crippen LogP contribution < -0.4 is 4.74 Å². The van der Waals surface area contributed by atoms with E-state index in [2.05, 4.69) is 131 Å². The van der Waals surface area contributed by atoms with Gasteiger partial charge in [-0.15, -0.1) is 19.7 Å². The molecule has 0 amide bonds. The van der Waals surface area contributed by atoms with Crippen LogP contribution in [0.2, 0.25) is 0 Å². The van der Waals surface area contributed by atoms with Gasteiger partial charge in [-0.3, -0.25) is 0 Å². The average molecular weight is 2000 g/mol. The standard InChI is InChI=1S/C20H40.C16H32.C13H14O5.C12H22O2.C12H24.C11H12O2.C9H16O3.C9H10O.C8H8.C6H10O3.C4H11N.2CO2/c1-3-5-7-9-11-13-15-17-19-20-18-16-14-12-10-8-6-4-2;1-3-5-7-9-11-13-15-16-14-12-10-8-6-4-2;1-9(2)13(16)18-8-7-17-11-6-4-3-5-10(11)12(14)15;1-5-7-8-11(6-2)9-14-12(13)10(3)4;1-3-5-7-9-11-12-10-8-6-4-2;1-9(2)11(12)13-8-10-6-4-3-5-7-10;1-4-5-11-6-7-12-9(10)8(2)3;1-7(2)8-3-5-9(10)6-4-8;1-2-8-6-4-3-5-7-8;1-5(2)6(8)9-4-3-7;1-4-5(2)3;2*2-1-3/h3H,1,4-20H2,2H3;3H,1,4-16H2,2H3;3-6H,1,7-8H2,2H3,(H,14,15);11H,3,5-9H2,1-2,4H3;3H,1,4-12H2,2H3;3-7H,1,8H2,2H3;2,4-7H2,1,3H3;3-6,10H,1H2,2H3;2-7H,1H2;7H,1,3-4H2,2H3;4H2,1-3H3;;. The number of ether oxygens (including phenoxy) is 7. The molecular formula is C122H199NO20. The zero-order valence-electron chi connectivity index (χ0n) is 92.3. The topological polar surface area (TPSA) is 299 Å². The zero-order valence-corrected chi connectivity index (χ0v) is 92.3. The van der Waals surface area contributed by atoms with Crippen molar-refractivity contribution in [1.82, 2.24) is 4.90 Å². The van der Waals surface area contributed by atoms with Crippen LogP contribution in [0.4, 0.5) is 0 Å². The molecule has 0 spiro atoms. The summed E-state index contributed by atoms with van der Waals surface area (Å²) in [6, 6.07) is 32.8. The lowest BCUT2D eigenvalue weighted by Gasteiger charge is -2.14. The number of benzene rings is 4. The lowest BCUT2D eigenvalue weighted by atomic mass is 10.0. The molecule has 0 aliphatic carbocycles. The fourth-order valence-corrected chi connectivity index (χ4v) is 11.8. The van der Waals surface area contributed by atoms with Gasteiger partial charge in [0.05, 0.1) is 19.8 Å². The number of carboxylic acids is 1. The summed E-state index contributed by atoms with van der Waals surface area (Å²) in [5.74, 6) is -1.92. The summed E-state index contributed by atoms with van der Waals surface area (Å²) in [6.07, 6.45) is 69.4. The van der Waals surface area contributed by atoms with Crippen LogP contribution in [0.5, 0.6) is 11.5 Å². The summed E-state index contributed by atoms with van der Waals surface area (Å²) in [5.41, 5.74) is 6.30. The van der Waals surface area contributed by atoms with Gasteiger partial charge in [-0.1, -0.05) is 440 Å². The van der Waals surface area contributed by atoms with Crippen molar-refractivity contribution < 1.29 is 96.4 Å². The molecule has 0 fully saturated rings. The van der Waals surface area contributed by atoms with E-state index in [4.69, 9.17) is 62.9 Å². The Hall–Kier alpha value is -10.7. The predicted octanol–water partition coefficient (Wildman–Crippen LogP) is 32.1. The molecule has 0 bridgehead atoms. The molecule has 0 aliphatic heterocycles. The van der Waals surface area contributed by atoms with Crippen LogP contribution >= 0.6 is 0 Å². The molecule has 21 heteroatoms. The highest BCUT2D eigenvalue weighted by Gasteiger charge is 2.13. The Labute approximate surface area is 869 Å². The van der Waals surface area contributed by atoms with Gasteiger partial charge in [0.15, 0.2) is 0 Å². The van der Waals surface area contributed by atoms with Crippen molar-refractivity contribution in [3.63, 3.8) is 0 Å². The van der Waals surface area contributed by atoms with Crippen LogP contribution in [-0.2, 0) is 78.2 Å². The molecule has 0 aromatic heterocycles. The number of phenolic OH excluding ortho intramolecular Hbond substituents is 1. The van der Waals surface area contributed by atoms with Gasteiger partial charge in [0.25, 0.3) is 0 Å². The fourth-order valence-electron chi connectivity index (χ4n) is 11.8. The predicted molar refractivity (Wildman–Crippen MR) is 596 cm³/mol. The summed E-state index contributed by atoms with van der Waals surface area (Å²) in [6.45, 7) is 64.7. The molecule has 21 nitrogen and oxygen atoms in total. The highest BCUT2D eigenvalue weighted by Crippen LogP contribution is 2.21. The maximum atomic E-state index is 11.1. The number of aromatic hydroxyl groups is 1. The van der Waals surface area contributed by atoms with Crippen LogP contribution in [0, 0.1) is 5.92 Å². The number of nitrogens with zero attached hydrogens (tertiary/aromatic N) is 1. The number of allylic oxidation sites excluding steroid dienone is 4. The van der Waals surface area contributed by atoms with Crippen LogP contribution in [0.15, 0.2) is 221 Å². The molecule has 3 N–H and O–H groups in total. The number of hydrogen-bond donors (Lipinski definition) is 3. The summed E-state index contributed by atoms with van der Waals surface area (Å²) in [7, 11) is 4.11. The Morgan fingerprint density at radius 2 is 0.678 bits per heavy atom. The van der Waals surface area contributed by atoms with Crippen molar-refractivity contribution in [1.29, 1.82) is 0 Å². The number of phenols is 1. The molecule has 1 unspecified atom stereocenters. The van der Waals surface area contributed by atoms with E-state index in [0.717, 1.165) is 42.5 Å². The largest absolute Gasteiger partial charge is 0.508 e. The van der Waals surface area contributed by atoms with Crippen LogP contribution in [-0.4, -0.2) is 142 Å². The Balaban J connectivity index is -0.000000199. The number of para-hydroxylation sites is 1. The van der Waals surface area contributed by atoms with E-state index in [1.54, 1.807) is 65.0 Å². The third-order valence-corrected chi connectivity index (χ3v) is 20.6. The quantitative estimate of drug-likeness (QED) is 0.0122. The van der Waals surface area contributed by atoms with E-state index in [1.807, 2.05) is 111 Å². The number of aliphatic hydroxyl groups excluding tert-OH is 1. The molecule has 812 valence electrons. The van der Waals surface area contributed by atoms with Crippen molar-refractivity contribution in [3.05, 3.63) is 243 Å². The molecule has 4 rings (SSSR count). The van der Waals surface area contributed by atoms with Crippen molar-refractivity contribution in [2.75, 3.05) is 73.5 Å². The first-order chi connectivity index (χ1) is 68.7. The second-order valence-corrected chi connectivity index (χ2v) is 34.8. The van der Waals surface area contributed by atoms with Gasteiger partial charge in [-0.2, -0.15) is 19.2 Å². The maximum Gasteiger partial charge on any atom is 0.373 e. The minimum Gasteiger partial charge on any atom is -0.508 e. The van der Waals surface area contributed by atoms with Gasteiger partial charge in [-0.25, -0.2) is 28.8 Å². The summed E-state index contributed by atoms with van der Waals surface area (Å²) >= 11 is 0. The monoisotopic (exact) mass is 2000 g/mol. The van der Waals surface area contributed by atoms with Gasteiger partial charge < -0.3 is 53.4 Å². The number of rotatable bonds is 67. The average Bonchev–Trinajstić information content (AvgIpc) is 0.870. The van der Waals surface area contributed by atoms with E-state index in [-0.39, 0.29) is 68.0 Å². The minimum atomic E-state index is -1.07. The first-order valence-corrected chi connectivity index (χ1v) is 52.6. The number of aromatic carboxylic acids is 1. The molecule has 0 saturated carbocycles. The Morgan fingerprint density at radius 3 is 0.972 bits per heavy atom. The first-order valence-electron chi connectivity index (χ1n) is 52.6. The number of hydrogen-bond acceptors (Lipinski definition) is 20. The minimum absolute atomic E-state index is 0.0413. The molecular weight excluding hydrogens is 1800 g/mol. The van der Waals surface area contributed by atoms with Crippen LogP contribution in [0.25, 0.3) is 11.6 Å². The summed E-state index contributed by atoms with van der Waals surface area (Å²) < 4.78 is 34.5. The molecule has 4 aromatic rings. The van der Waals surface area contributed by atoms with Gasteiger partial charge >= 0.3 is 48.1 Å². The molecule has 0 radical (unpaired) electrons. The maximum absolute atomic E-state index is 11.1. The van der Waals surface area contributed by atoms with E-state index in [1.165, 1.54) is 275 Å². The summed E-state index contributed by atoms with van der Waals surface area (Å²) in [5, 5.41) is 26.0.